The van der Waals surface area contributed by atoms with Crippen LogP contribution in [0.3, 0.4) is 0 Å². The molecule has 0 radical (unpaired) electrons. The van der Waals surface area contributed by atoms with E-state index in [1.807, 2.05) is 0 Å². The molecule has 8 heteroatoms. The number of Topliss-reactive ketones (excluding diaryl/α,β-unsaturated/α-hetero) is 1. The summed E-state index contributed by atoms with van der Waals surface area (Å²) in [6.07, 6.45) is -4.55. The molecule has 1 aromatic rings. The van der Waals surface area contributed by atoms with Crippen molar-refractivity contribution in [2.45, 2.75) is 6.18 Å². The Morgan fingerprint density at radius 3 is 2.33 bits per heavy atom. The first-order valence-corrected chi connectivity index (χ1v) is 4.78. The summed E-state index contributed by atoms with van der Waals surface area (Å²) in [5.74, 6) is -4.53. The Kier molecular flexibility index (Phi) is 4.28. The first kappa shape index (κ1) is 14.4. The zero-order valence-corrected chi connectivity index (χ0v) is 9.24. The van der Waals surface area contributed by atoms with Gasteiger partial charge in [0, 0.05) is 18.0 Å². The number of carbonyl (C=O) groups is 1. The summed E-state index contributed by atoms with van der Waals surface area (Å²) in [7, 11) is 0. The van der Waals surface area contributed by atoms with Crippen LogP contribution >= 0.6 is 11.6 Å². The maximum atomic E-state index is 12.7. The maximum absolute atomic E-state index is 12.7. The molecule has 0 unspecified atom stereocenters. The summed E-state index contributed by atoms with van der Waals surface area (Å²) in [5, 5.41) is 1.03. The van der Waals surface area contributed by atoms with Crippen LogP contribution < -0.4 is 5.32 Å². The van der Waals surface area contributed by atoms with Crippen molar-refractivity contribution in [3.8, 4) is 0 Å². The first-order valence-electron chi connectivity index (χ1n) is 4.40. The second kappa shape index (κ2) is 5.34. The van der Waals surface area contributed by atoms with Crippen molar-refractivity contribution < 1.29 is 26.7 Å². The normalized spacial score (nSPS) is 12.4. The van der Waals surface area contributed by atoms with Crippen LogP contribution in [0.5, 0.6) is 0 Å². The fourth-order valence-corrected chi connectivity index (χ4v) is 1.10. The minimum absolute atomic E-state index is 0.0537. The van der Waals surface area contributed by atoms with Gasteiger partial charge in [-0.05, 0) is 12.1 Å². The molecule has 18 heavy (non-hydrogen) atoms. The lowest BCUT2D eigenvalue weighted by Crippen LogP contribution is -2.23. The zero-order valence-electron chi connectivity index (χ0n) is 8.49. The van der Waals surface area contributed by atoms with E-state index in [-0.39, 0.29) is 5.69 Å². The average molecular weight is 286 g/mol. The largest absolute Gasteiger partial charge is 0.455 e. The zero-order chi connectivity index (χ0) is 13.9. The highest BCUT2D eigenvalue weighted by Gasteiger charge is 2.40. The van der Waals surface area contributed by atoms with E-state index in [1.165, 1.54) is 0 Å². The van der Waals surface area contributed by atoms with Gasteiger partial charge >= 0.3 is 6.18 Å². The molecular formula is C10H5ClF5NO. The number of anilines is 1. The lowest BCUT2D eigenvalue weighted by molar-refractivity contribution is -0.165. The molecule has 0 saturated heterocycles. The highest BCUT2D eigenvalue weighted by molar-refractivity contribution is 6.43. The van der Waals surface area contributed by atoms with Crippen LogP contribution in [0, 0.1) is 11.6 Å². The van der Waals surface area contributed by atoms with Crippen LogP contribution in [-0.4, -0.2) is 12.0 Å². The minimum atomic E-state index is -5.09. The lowest BCUT2D eigenvalue weighted by Gasteiger charge is -2.05. The van der Waals surface area contributed by atoms with Crippen LogP contribution in [0.25, 0.3) is 0 Å². The second-order valence-electron chi connectivity index (χ2n) is 3.09. The topological polar surface area (TPSA) is 29.1 Å². The fourth-order valence-electron chi connectivity index (χ4n) is 0.934. The predicted molar refractivity (Wildman–Crippen MR) is 55.0 cm³/mol. The number of hydrogen-bond donors (Lipinski definition) is 1. The Morgan fingerprint density at radius 1 is 1.22 bits per heavy atom. The minimum Gasteiger partial charge on any atom is -0.360 e. The Bertz CT molecular complexity index is 498. The Balaban J connectivity index is 2.80. The molecule has 0 saturated carbocycles. The van der Waals surface area contributed by atoms with Gasteiger partial charge in [0.15, 0.2) is 11.6 Å². The van der Waals surface area contributed by atoms with E-state index in [4.69, 9.17) is 11.6 Å². The van der Waals surface area contributed by atoms with Gasteiger partial charge in [-0.2, -0.15) is 13.2 Å². The van der Waals surface area contributed by atoms with Crippen molar-refractivity contribution >= 4 is 23.1 Å². The first-order chi connectivity index (χ1) is 8.21. The molecule has 0 aromatic heterocycles. The van der Waals surface area contributed by atoms with E-state index in [2.05, 4.69) is 5.32 Å². The molecule has 0 aliphatic rings. The number of alkyl halides is 3. The van der Waals surface area contributed by atoms with Crippen molar-refractivity contribution in [3.05, 3.63) is 41.1 Å². The van der Waals surface area contributed by atoms with Crippen molar-refractivity contribution in [1.29, 1.82) is 0 Å². The van der Waals surface area contributed by atoms with E-state index in [9.17, 15) is 26.7 Å². The van der Waals surface area contributed by atoms with E-state index in [0.29, 0.717) is 12.3 Å². The molecule has 0 bridgehead atoms. The van der Waals surface area contributed by atoms with Gasteiger partial charge in [-0.15, -0.1) is 0 Å². The number of halogens is 6. The summed E-state index contributed by atoms with van der Waals surface area (Å²) in [5.41, 5.74) is -0.0537. The summed E-state index contributed by atoms with van der Waals surface area (Å²) < 4.78 is 61.1. The van der Waals surface area contributed by atoms with Crippen LogP contribution in [0.1, 0.15) is 0 Å². The number of ketones is 1. The molecule has 1 N–H and O–H groups in total. The smallest absolute Gasteiger partial charge is 0.360 e. The van der Waals surface area contributed by atoms with Gasteiger partial charge in [0.05, 0.1) is 0 Å². The highest BCUT2D eigenvalue weighted by Crippen LogP contribution is 2.23. The SMILES string of the molecule is O=C(/C(Cl)=C/Nc1ccc(F)c(F)c1)C(F)(F)F. The maximum Gasteiger partial charge on any atom is 0.455 e. The van der Waals surface area contributed by atoms with Crippen LogP contribution in [-0.2, 0) is 4.79 Å². The fraction of sp³-hybridized carbons (Fsp3) is 0.100. The molecule has 0 aliphatic carbocycles. The molecule has 2 nitrogen and oxygen atoms in total. The number of nitrogens with one attached hydrogen (secondary N) is 1. The molecule has 0 atom stereocenters. The number of hydrogen-bond acceptors (Lipinski definition) is 2. The number of allylic oxidation sites excluding steroid dienone is 1. The predicted octanol–water partition coefficient (Wildman–Crippen LogP) is 3.59. The third-order valence-electron chi connectivity index (χ3n) is 1.76. The summed E-state index contributed by atoms with van der Waals surface area (Å²) in [4.78, 5) is 10.6. The lowest BCUT2D eigenvalue weighted by atomic mass is 10.3. The van der Waals surface area contributed by atoms with E-state index in [0.717, 1.165) is 12.1 Å². The second-order valence-corrected chi connectivity index (χ2v) is 3.50. The number of rotatable bonds is 3. The van der Waals surface area contributed by atoms with Gasteiger partial charge in [-0.3, -0.25) is 4.79 Å². The molecule has 0 spiro atoms. The third kappa shape index (κ3) is 3.69. The quantitative estimate of drug-likeness (QED) is 0.679. The van der Waals surface area contributed by atoms with Crippen molar-refractivity contribution in [3.63, 3.8) is 0 Å². The molecule has 0 aliphatic heterocycles. The Morgan fingerprint density at radius 2 is 1.83 bits per heavy atom. The van der Waals surface area contributed by atoms with Gasteiger partial charge in [-0.25, -0.2) is 8.78 Å². The monoisotopic (exact) mass is 285 g/mol. The van der Waals surface area contributed by atoms with Crippen molar-refractivity contribution in [2.24, 2.45) is 0 Å². The summed E-state index contributed by atoms with van der Waals surface area (Å²) in [6.45, 7) is 0. The van der Waals surface area contributed by atoms with E-state index in [1.54, 1.807) is 0 Å². The molecule has 1 rings (SSSR count). The molecule has 1 aromatic carbocycles. The number of carbonyl (C=O) groups excluding carboxylic acids is 1. The van der Waals surface area contributed by atoms with Gasteiger partial charge in [0.1, 0.15) is 5.03 Å². The number of benzene rings is 1. The van der Waals surface area contributed by atoms with Gasteiger partial charge < -0.3 is 5.32 Å². The standard InChI is InChI=1S/C10H5ClF5NO/c11-6(9(18)10(14,15)16)4-17-5-1-2-7(12)8(13)3-5/h1-4,17H/b6-4-. The van der Waals surface area contributed by atoms with E-state index >= 15 is 0 Å². The Labute approximate surface area is 103 Å². The van der Waals surface area contributed by atoms with Crippen molar-refractivity contribution in [1.82, 2.24) is 0 Å². The van der Waals surface area contributed by atoms with Crippen molar-refractivity contribution in [2.75, 3.05) is 5.32 Å². The van der Waals surface area contributed by atoms with Crippen LogP contribution in [0.2, 0.25) is 0 Å². The molecule has 0 amide bonds. The summed E-state index contributed by atoms with van der Waals surface area (Å²) >= 11 is 5.10. The molecule has 0 fully saturated rings. The average Bonchev–Trinajstić information content (AvgIpc) is 2.28. The highest BCUT2D eigenvalue weighted by atomic mass is 35.5. The van der Waals surface area contributed by atoms with E-state index < -0.39 is 28.6 Å². The van der Waals surface area contributed by atoms with Gasteiger partial charge in [-0.1, -0.05) is 11.6 Å². The summed E-state index contributed by atoms with van der Waals surface area (Å²) in [6, 6.07) is 2.54. The van der Waals surface area contributed by atoms with Gasteiger partial charge in [0.25, 0.3) is 5.78 Å². The van der Waals surface area contributed by atoms with Gasteiger partial charge in [0.2, 0.25) is 0 Å². The molecule has 98 valence electrons. The van der Waals surface area contributed by atoms with Crippen LogP contribution in [0.4, 0.5) is 27.6 Å². The third-order valence-corrected chi connectivity index (χ3v) is 2.04. The Hall–Kier alpha value is -1.63. The van der Waals surface area contributed by atoms with Crippen LogP contribution in [0.15, 0.2) is 29.4 Å². The molecule has 0 heterocycles. The molecular weight excluding hydrogens is 281 g/mol.